The molecule has 0 fully saturated rings. The topological polar surface area (TPSA) is 32.7 Å². The third-order valence-corrected chi connectivity index (χ3v) is 3.13. The van der Waals surface area contributed by atoms with Gasteiger partial charge in [-0.05, 0) is 50.0 Å². The van der Waals surface area contributed by atoms with Crippen LogP contribution in [-0.2, 0) is 13.0 Å². The zero-order chi connectivity index (χ0) is 13.4. The number of methoxy groups -OCH3 is 1. The minimum absolute atomic E-state index is 0.288. The molecule has 1 N–H and O–H groups in total. The number of rotatable bonds is 8. The number of unbranched alkanes of at least 4 members (excludes halogenated alkanes) is 1. The summed E-state index contributed by atoms with van der Waals surface area (Å²) in [6.45, 7) is 4.40. The summed E-state index contributed by atoms with van der Waals surface area (Å²) in [4.78, 5) is 2.29. The van der Waals surface area contributed by atoms with E-state index in [2.05, 4.69) is 37.1 Å². The molecule has 0 amide bonds. The van der Waals surface area contributed by atoms with Crippen molar-refractivity contribution in [3.63, 3.8) is 0 Å². The minimum Gasteiger partial charge on any atom is -0.496 e. The number of hydrogen-bond donors (Lipinski definition) is 1. The van der Waals surface area contributed by atoms with Gasteiger partial charge in [-0.3, -0.25) is 0 Å². The molecule has 0 radical (unpaired) electrons. The summed E-state index contributed by atoms with van der Waals surface area (Å²) < 4.78 is 5.33. The molecule has 0 heterocycles. The number of benzene rings is 1. The van der Waals surface area contributed by atoms with Crippen molar-refractivity contribution in [3.05, 3.63) is 29.3 Å². The van der Waals surface area contributed by atoms with Gasteiger partial charge < -0.3 is 14.7 Å². The second-order valence-electron chi connectivity index (χ2n) is 4.67. The predicted octanol–water partition coefficient (Wildman–Crippen LogP) is 2.46. The summed E-state index contributed by atoms with van der Waals surface area (Å²) in [5, 5.41) is 8.76. The first-order chi connectivity index (χ1) is 8.71. The van der Waals surface area contributed by atoms with E-state index in [1.807, 2.05) is 0 Å². The third kappa shape index (κ3) is 4.67. The quantitative estimate of drug-likeness (QED) is 0.720. The fourth-order valence-electron chi connectivity index (χ4n) is 2.09. The van der Waals surface area contributed by atoms with Gasteiger partial charge >= 0.3 is 0 Å². The summed E-state index contributed by atoms with van der Waals surface area (Å²) in [6.07, 6.45) is 2.92. The van der Waals surface area contributed by atoms with E-state index in [9.17, 15) is 0 Å². The van der Waals surface area contributed by atoms with Crippen LogP contribution in [0.3, 0.4) is 0 Å². The zero-order valence-electron chi connectivity index (χ0n) is 11.8. The van der Waals surface area contributed by atoms with Gasteiger partial charge in [0.25, 0.3) is 0 Å². The highest BCUT2D eigenvalue weighted by Gasteiger charge is 2.05. The third-order valence-electron chi connectivity index (χ3n) is 3.13. The number of aliphatic hydroxyl groups is 1. The maximum absolute atomic E-state index is 8.76. The molecule has 0 aliphatic heterocycles. The van der Waals surface area contributed by atoms with E-state index in [0.717, 1.165) is 38.1 Å². The molecule has 3 nitrogen and oxygen atoms in total. The van der Waals surface area contributed by atoms with Crippen LogP contribution in [0.1, 0.15) is 30.9 Å². The van der Waals surface area contributed by atoms with Crippen LogP contribution in [0.4, 0.5) is 0 Å². The fourth-order valence-corrected chi connectivity index (χ4v) is 2.09. The minimum atomic E-state index is 0.288. The summed E-state index contributed by atoms with van der Waals surface area (Å²) in [6, 6.07) is 6.40. The van der Waals surface area contributed by atoms with E-state index in [1.165, 1.54) is 11.1 Å². The molecule has 0 unspecified atom stereocenters. The molecule has 1 aromatic carbocycles. The Balaban J connectivity index is 2.56. The molecule has 0 spiro atoms. The molecule has 0 atom stereocenters. The lowest BCUT2D eigenvalue weighted by Gasteiger charge is -2.17. The van der Waals surface area contributed by atoms with Crippen molar-refractivity contribution in [1.82, 2.24) is 4.90 Å². The van der Waals surface area contributed by atoms with Crippen molar-refractivity contribution >= 4 is 0 Å². The number of nitrogens with zero attached hydrogens (tertiary/aromatic N) is 1. The average Bonchev–Trinajstić information content (AvgIpc) is 2.39. The second kappa shape index (κ2) is 8.11. The van der Waals surface area contributed by atoms with Gasteiger partial charge in [0.05, 0.1) is 7.11 Å². The van der Waals surface area contributed by atoms with Crippen molar-refractivity contribution in [2.24, 2.45) is 0 Å². The van der Waals surface area contributed by atoms with Crippen LogP contribution in [0.2, 0.25) is 0 Å². The normalized spacial score (nSPS) is 10.9. The lowest BCUT2D eigenvalue weighted by atomic mass is 10.1. The van der Waals surface area contributed by atoms with Gasteiger partial charge in [0.1, 0.15) is 5.75 Å². The summed E-state index contributed by atoms with van der Waals surface area (Å²) in [5.41, 5.74) is 2.58. The van der Waals surface area contributed by atoms with Crippen LogP contribution in [0, 0.1) is 0 Å². The number of aliphatic hydroxyl groups excluding tert-OH is 1. The molecule has 1 aromatic rings. The molecule has 3 heteroatoms. The predicted molar refractivity (Wildman–Crippen MR) is 75.0 cm³/mol. The molecule has 0 bridgehead atoms. The molecule has 1 rings (SSSR count). The molecule has 0 saturated carbocycles. The van der Waals surface area contributed by atoms with Gasteiger partial charge in [0.15, 0.2) is 0 Å². The highest BCUT2D eigenvalue weighted by Crippen LogP contribution is 2.21. The fraction of sp³-hybridized carbons (Fsp3) is 0.600. The van der Waals surface area contributed by atoms with Gasteiger partial charge in [0, 0.05) is 13.2 Å². The van der Waals surface area contributed by atoms with Crippen LogP contribution in [-0.4, -0.2) is 37.3 Å². The van der Waals surface area contributed by atoms with Crippen molar-refractivity contribution in [2.45, 2.75) is 32.7 Å². The number of aryl methyl sites for hydroxylation is 1. The first kappa shape index (κ1) is 15.0. The van der Waals surface area contributed by atoms with Crippen LogP contribution in [0.15, 0.2) is 18.2 Å². The first-order valence-electron chi connectivity index (χ1n) is 6.66. The summed E-state index contributed by atoms with van der Waals surface area (Å²) in [5.74, 6) is 0.976. The highest BCUT2D eigenvalue weighted by molar-refractivity contribution is 5.37. The maximum atomic E-state index is 8.76. The molecule has 102 valence electrons. The first-order valence-corrected chi connectivity index (χ1v) is 6.66. The van der Waals surface area contributed by atoms with Crippen LogP contribution in [0.25, 0.3) is 0 Å². The molecule has 0 aliphatic rings. The summed E-state index contributed by atoms with van der Waals surface area (Å²) in [7, 11) is 3.84. The SMILES string of the molecule is CCc1cc(CN(C)CCCCO)ccc1OC. The Kier molecular flexibility index (Phi) is 6.76. The molecule has 18 heavy (non-hydrogen) atoms. The maximum Gasteiger partial charge on any atom is 0.122 e. The standard InChI is InChI=1S/C15H25NO2/c1-4-14-11-13(7-8-15(14)18-3)12-16(2)9-5-6-10-17/h7-8,11,17H,4-6,9-10,12H2,1-3H3. The van der Waals surface area contributed by atoms with Crippen molar-refractivity contribution in [1.29, 1.82) is 0 Å². The largest absolute Gasteiger partial charge is 0.496 e. The van der Waals surface area contributed by atoms with Crippen molar-refractivity contribution in [2.75, 3.05) is 27.3 Å². The molecule has 0 aromatic heterocycles. The van der Waals surface area contributed by atoms with Gasteiger partial charge in [-0.1, -0.05) is 19.1 Å². The monoisotopic (exact) mass is 251 g/mol. The lowest BCUT2D eigenvalue weighted by Crippen LogP contribution is -2.19. The second-order valence-corrected chi connectivity index (χ2v) is 4.67. The van der Waals surface area contributed by atoms with E-state index in [1.54, 1.807) is 7.11 Å². The molecular formula is C15H25NO2. The Morgan fingerprint density at radius 2 is 2.06 bits per heavy atom. The van der Waals surface area contributed by atoms with E-state index in [4.69, 9.17) is 9.84 Å². The van der Waals surface area contributed by atoms with Gasteiger partial charge in [0.2, 0.25) is 0 Å². The van der Waals surface area contributed by atoms with Crippen LogP contribution < -0.4 is 4.74 Å². The Morgan fingerprint density at radius 1 is 1.28 bits per heavy atom. The number of ether oxygens (including phenoxy) is 1. The molecular weight excluding hydrogens is 226 g/mol. The highest BCUT2D eigenvalue weighted by atomic mass is 16.5. The Hall–Kier alpha value is -1.06. The van der Waals surface area contributed by atoms with Crippen molar-refractivity contribution < 1.29 is 9.84 Å². The Morgan fingerprint density at radius 3 is 2.67 bits per heavy atom. The van der Waals surface area contributed by atoms with Gasteiger partial charge in [-0.15, -0.1) is 0 Å². The molecule has 0 aliphatic carbocycles. The van der Waals surface area contributed by atoms with E-state index < -0.39 is 0 Å². The summed E-state index contributed by atoms with van der Waals surface area (Å²) >= 11 is 0. The van der Waals surface area contributed by atoms with E-state index in [-0.39, 0.29) is 6.61 Å². The van der Waals surface area contributed by atoms with Crippen molar-refractivity contribution in [3.8, 4) is 5.75 Å². The van der Waals surface area contributed by atoms with Crippen LogP contribution >= 0.6 is 0 Å². The van der Waals surface area contributed by atoms with E-state index >= 15 is 0 Å². The number of hydrogen-bond acceptors (Lipinski definition) is 3. The lowest BCUT2D eigenvalue weighted by molar-refractivity contribution is 0.261. The average molecular weight is 251 g/mol. The van der Waals surface area contributed by atoms with Crippen LogP contribution in [0.5, 0.6) is 5.75 Å². The Labute approximate surface area is 110 Å². The van der Waals surface area contributed by atoms with E-state index in [0.29, 0.717) is 0 Å². The Bertz CT molecular complexity index is 352. The van der Waals surface area contributed by atoms with Gasteiger partial charge in [-0.2, -0.15) is 0 Å². The smallest absolute Gasteiger partial charge is 0.122 e. The zero-order valence-corrected chi connectivity index (χ0v) is 11.8. The van der Waals surface area contributed by atoms with Gasteiger partial charge in [-0.25, -0.2) is 0 Å². The molecule has 0 saturated heterocycles.